The first-order valence-electron chi connectivity index (χ1n) is 8.32. The van der Waals surface area contributed by atoms with Crippen LogP contribution in [0.1, 0.15) is 38.7 Å². The van der Waals surface area contributed by atoms with Gasteiger partial charge in [0.15, 0.2) is 0 Å². The highest BCUT2D eigenvalue weighted by atomic mass is 32.2. The van der Waals surface area contributed by atoms with Gasteiger partial charge >= 0.3 is 0 Å². The van der Waals surface area contributed by atoms with Crippen molar-refractivity contribution in [2.45, 2.75) is 50.1 Å². The second kappa shape index (κ2) is 6.72. The van der Waals surface area contributed by atoms with Gasteiger partial charge in [-0.15, -0.1) is 11.8 Å². The number of thioether (sulfide) groups is 1. The van der Waals surface area contributed by atoms with Crippen molar-refractivity contribution in [2.24, 2.45) is 5.92 Å². The predicted molar refractivity (Wildman–Crippen MR) is 92.2 cm³/mol. The van der Waals surface area contributed by atoms with E-state index in [2.05, 4.69) is 55.3 Å². The molecule has 2 nitrogen and oxygen atoms in total. The van der Waals surface area contributed by atoms with Gasteiger partial charge in [-0.25, -0.2) is 0 Å². The fraction of sp³-hybridized carbons (Fsp3) is 0.667. The molecule has 1 aromatic carbocycles. The summed E-state index contributed by atoms with van der Waals surface area (Å²) in [4.78, 5) is 4.26. The Morgan fingerprint density at radius 1 is 1.33 bits per heavy atom. The third-order valence-electron chi connectivity index (χ3n) is 4.72. The van der Waals surface area contributed by atoms with Gasteiger partial charge < -0.3 is 5.32 Å². The van der Waals surface area contributed by atoms with Crippen molar-refractivity contribution in [1.82, 2.24) is 10.2 Å². The minimum Gasteiger partial charge on any atom is -0.311 e. The summed E-state index contributed by atoms with van der Waals surface area (Å²) in [7, 11) is 0. The number of rotatable bonds is 4. The molecule has 2 heterocycles. The van der Waals surface area contributed by atoms with Crippen LogP contribution in [0.3, 0.4) is 0 Å². The largest absolute Gasteiger partial charge is 0.311 e. The fourth-order valence-electron chi connectivity index (χ4n) is 3.70. The minimum absolute atomic E-state index is 0.623. The van der Waals surface area contributed by atoms with Crippen LogP contribution in [0.25, 0.3) is 0 Å². The maximum atomic E-state index is 3.66. The SMILES string of the molecule is CC(C)CC1CNC(C)CN1CC1CSc2ccccc21. The number of hydrogen-bond donors (Lipinski definition) is 1. The van der Waals surface area contributed by atoms with Crippen molar-refractivity contribution in [1.29, 1.82) is 0 Å². The van der Waals surface area contributed by atoms with Crippen LogP contribution in [0.2, 0.25) is 0 Å². The number of benzene rings is 1. The van der Waals surface area contributed by atoms with Crippen LogP contribution in [0.15, 0.2) is 29.2 Å². The van der Waals surface area contributed by atoms with Gasteiger partial charge in [0.05, 0.1) is 0 Å². The molecule has 3 rings (SSSR count). The summed E-state index contributed by atoms with van der Waals surface area (Å²) in [5.74, 6) is 2.75. The van der Waals surface area contributed by atoms with Crippen LogP contribution in [0, 0.1) is 5.92 Å². The topological polar surface area (TPSA) is 15.3 Å². The molecule has 1 saturated heterocycles. The average Bonchev–Trinajstić information content (AvgIpc) is 2.85. The van der Waals surface area contributed by atoms with E-state index in [4.69, 9.17) is 0 Å². The van der Waals surface area contributed by atoms with Gasteiger partial charge in [-0.1, -0.05) is 32.0 Å². The molecule has 0 radical (unpaired) electrons. The van der Waals surface area contributed by atoms with Gasteiger partial charge in [-0.3, -0.25) is 4.90 Å². The molecule has 116 valence electrons. The van der Waals surface area contributed by atoms with E-state index in [1.807, 2.05) is 11.8 Å². The van der Waals surface area contributed by atoms with Crippen molar-refractivity contribution in [3.05, 3.63) is 29.8 Å². The van der Waals surface area contributed by atoms with Gasteiger partial charge in [0, 0.05) is 48.3 Å². The van der Waals surface area contributed by atoms with E-state index in [1.54, 1.807) is 5.56 Å². The molecule has 0 spiro atoms. The van der Waals surface area contributed by atoms with Crippen molar-refractivity contribution < 1.29 is 0 Å². The highest BCUT2D eigenvalue weighted by Gasteiger charge is 2.31. The number of fused-ring (bicyclic) bond motifs is 1. The summed E-state index contributed by atoms with van der Waals surface area (Å²) in [5, 5.41) is 3.66. The Balaban J connectivity index is 1.69. The highest BCUT2D eigenvalue weighted by Crippen LogP contribution is 2.40. The van der Waals surface area contributed by atoms with Crippen molar-refractivity contribution in [3.8, 4) is 0 Å². The van der Waals surface area contributed by atoms with Crippen LogP contribution >= 0.6 is 11.8 Å². The molecule has 3 unspecified atom stereocenters. The van der Waals surface area contributed by atoms with Crippen molar-refractivity contribution >= 4 is 11.8 Å². The molecule has 3 atom stereocenters. The quantitative estimate of drug-likeness (QED) is 0.915. The molecule has 2 aliphatic rings. The summed E-state index contributed by atoms with van der Waals surface area (Å²) in [6.45, 7) is 10.6. The molecule has 0 amide bonds. The summed E-state index contributed by atoms with van der Waals surface area (Å²) in [6.07, 6.45) is 1.31. The molecule has 1 aromatic rings. The Morgan fingerprint density at radius 2 is 2.14 bits per heavy atom. The van der Waals surface area contributed by atoms with Gasteiger partial charge in [-0.05, 0) is 30.9 Å². The van der Waals surface area contributed by atoms with E-state index < -0.39 is 0 Å². The molecule has 0 bridgehead atoms. The number of hydrogen-bond acceptors (Lipinski definition) is 3. The summed E-state index contributed by atoms with van der Waals surface area (Å²) >= 11 is 2.04. The van der Waals surface area contributed by atoms with Crippen LogP contribution in [-0.4, -0.2) is 42.4 Å². The smallest absolute Gasteiger partial charge is 0.0224 e. The van der Waals surface area contributed by atoms with E-state index in [1.165, 1.54) is 30.2 Å². The molecular weight excluding hydrogens is 276 g/mol. The minimum atomic E-state index is 0.623. The second-order valence-electron chi connectivity index (χ2n) is 7.09. The second-order valence-corrected chi connectivity index (χ2v) is 8.15. The predicted octanol–water partition coefficient (Wildman–Crippen LogP) is 3.58. The number of nitrogens with one attached hydrogen (secondary N) is 1. The third kappa shape index (κ3) is 3.64. The van der Waals surface area contributed by atoms with Crippen LogP contribution in [0.4, 0.5) is 0 Å². The van der Waals surface area contributed by atoms with Gasteiger partial charge in [-0.2, -0.15) is 0 Å². The maximum absolute atomic E-state index is 3.66. The standard InChI is InChI=1S/C18H28N2S/c1-13(2)8-16-9-19-14(3)10-20(16)11-15-12-21-18-7-5-4-6-17(15)18/h4-7,13-16,19H,8-12H2,1-3H3. The highest BCUT2D eigenvalue weighted by molar-refractivity contribution is 7.99. The van der Waals surface area contributed by atoms with E-state index in [9.17, 15) is 0 Å². The summed E-state index contributed by atoms with van der Waals surface area (Å²) in [5.41, 5.74) is 1.58. The Kier molecular flexibility index (Phi) is 4.92. The van der Waals surface area contributed by atoms with Crippen molar-refractivity contribution in [2.75, 3.05) is 25.4 Å². The van der Waals surface area contributed by atoms with E-state index in [-0.39, 0.29) is 0 Å². The fourth-order valence-corrected chi connectivity index (χ4v) is 4.94. The molecule has 21 heavy (non-hydrogen) atoms. The van der Waals surface area contributed by atoms with Crippen LogP contribution in [0.5, 0.6) is 0 Å². The average molecular weight is 305 g/mol. The lowest BCUT2D eigenvalue weighted by atomic mass is 9.95. The lowest BCUT2D eigenvalue weighted by Gasteiger charge is -2.41. The van der Waals surface area contributed by atoms with Gasteiger partial charge in [0.2, 0.25) is 0 Å². The molecule has 1 fully saturated rings. The first-order valence-corrected chi connectivity index (χ1v) is 9.31. The third-order valence-corrected chi connectivity index (χ3v) is 5.98. The Hall–Kier alpha value is -0.510. The van der Waals surface area contributed by atoms with E-state index in [0.29, 0.717) is 18.0 Å². The Labute approximate surface area is 133 Å². The van der Waals surface area contributed by atoms with E-state index in [0.717, 1.165) is 12.5 Å². The van der Waals surface area contributed by atoms with Crippen LogP contribution < -0.4 is 5.32 Å². The van der Waals surface area contributed by atoms with E-state index >= 15 is 0 Å². The normalized spacial score (nSPS) is 29.8. The van der Waals surface area contributed by atoms with Gasteiger partial charge in [0.1, 0.15) is 0 Å². The first kappa shape index (κ1) is 15.4. The Morgan fingerprint density at radius 3 is 2.95 bits per heavy atom. The zero-order valence-corrected chi connectivity index (χ0v) is 14.3. The zero-order valence-electron chi connectivity index (χ0n) is 13.5. The molecule has 1 N–H and O–H groups in total. The molecule has 3 heteroatoms. The molecule has 0 aliphatic carbocycles. The molecule has 2 aliphatic heterocycles. The summed E-state index contributed by atoms with van der Waals surface area (Å²) in [6, 6.07) is 10.3. The molecule has 0 aromatic heterocycles. The molecular formula is C18H28N2S. The monoisotopic (exact) mass is 304 g/mol. The Bertz CT molecular complexity index is 474. The number of nitrogens with zero attached hydrogens (tertiary/aromatic N) is 1. The lowest BCUT2D eigenvalue weighted by Crippen LogP contribution is -2.56. The molecule has 0 saturated carbocycles. The first-order chi connectivity index (χ1) is 10.1. The summed E-state index contributed by atoms with van der Waals surface area (Å²) < 4.78 is 0. The van der Waals surface area contributed by atoms with Crippen LogP contribution in [-0.2, 0) is 0 Å². The number of piperazine rings is 1. The zero-order chi connectivity index (χ0) is 14.8. The maximum Gasteiger partial charge on any atom is 0.0224 e. The van der Waals surface area contributed by atoms with Gasteiger partial charge in [0.25, 0.3) is 0 Å². The van der Waals surface area contributed by atoms with Crippen molar-refractivity contribution in [3.63, 3.8) is 0 Å². The lowest BCUT2D eigenvalue weighted by molar-refractivity contribution is 0.113.